The van der Waals surface area contributed by atoms with Crippen molar-refractivity contribution in [1.82, 2.24) is 10.2 Å². The fraction of sp³-hybridized carbons (Fsp3) is 0.370. The summed E-state index contributed by atoms with van der Waals surface area (Å²) in [6.07, 6.45) is 3.41. The van der Waals surface area contributed by atoms with Crippen LogP contribution in [0.3, 0.4) is 0 Å². The SMILES string of the molecule is CCOc1ccc(-c2coc3c(C)c(OCC)c(/C(C)=C/C(=O)NCCN(C)C)cc23)cc1. The van der Waals surface area contributed by atoms with Crippen LogP contribution in [-0.2, 0) is 4.79 Å². The standard InChI is InChI=1S/C27H34N2O4/c1-7-31-21-11-9-20(10-12-21)24-17-33-27-19(4)26(32-8-2)22(16-23(24)27)18(3)15-25(30)28-13-14-29(5)6/h9-12,15-17H,7-8,13-14H2,1-6H3,(H,28,30)/b18-15+. The molecule has 0 bridgehead atoms. The number of fused-ring (bicyclic) bond motifs is 1. The van der Waals surface area contributed by atoms with Gasteiger partial charge in [-0.05, 0) is 71.1 Å². The van der Waals surface area contributed by atoms with Crippen LogP contribution >= 0.6 is 0 Å². The van der Waals surface area contributed by atoms with E-state index in [1.54, 1.807) is 12.3 Å². The molecule has 6 heteroatoms. The largest absolute Gasteiger partial charge is 0.494 e. The van der Waals surface area contributed by atoms with E-state index in [9.17, 15) is 4.79 Å². The van der Waals surface area contributed by atoms with Crippen molar-refractivity contribution < 1.29 is 18.7 Å². The van der Waals surface area contributed by atoms with Gasteiger partial charge in [0.1, 0.15) is 17.1 Å². The van der Waals surface area contributed by atoms with Gasteiger partial charge in [-0.15, -0.1) is 0 Å². The Labute approximate surface area is 196 Å². The highest BCUT2D eigenvalue weighted by molar-refractivity contribution is 6.01. The van der Waals surface area contributed by atoms with Gasteiger partial charge in [-0.3, -0.25) is 4.79 Å². The van der Waals surface area contributed by atoms with E-state index in [1.165, 1.54) is 0 Å². The predicted molar refractivity (Wildman–Crippen MR) is 134 cm³/mol. The minimum atomic E-state index is -0.117. The zero-order valence-electron chi connectivity index (χ0n) is 20.5. The number of benzene rings is 2. The van der Waals surface area contributed by atoms with Gasteiger partial charge in [-0.1, -0.05) is 12.1 Å². The third kappa shape index (κ3) is 5.76. The molecule has 6 nitrogen and oxygen atoms in total. The van der Waals surface area contributed by atoms with Crippen LogP contribution in [-0.4, -0.2) is 51.2 Å². The van der Waals surface area contributed by atoms with Gasteiger partial charge < -0.3 is 24.1 Å². The first-order valence-corrected chi connectivity index (χ1v) is 11.4. The average Bonchev–Trinajstić information content (AvgIpc) is 3.20. The fourth-order valence-electron chi connectivity index (χ4n) is 3.79. The lowest BCUT2D eigenvalue weighted by molar-refractivity contribution is -0.116. The summed E-state index contributed by atoms with van der Waals surface area (Å²) in [7, 11) is 3.96. The number of likely N-dealkylation sites (N-methyl/N-ethyl adjacent to an activating group) is 1. The number of aryl methyl sites for hydroxylation is 1. The Kier molecular flexibility index (Phi) is 8.17. The molecule has 176 valence electrons. The maximum atomic E-state index is 12.5. The van der Waals surface area contributed by atoms with Gasteiger partial charge in [0.25, 0.3) is 0 Å². The lowest BCUT2D eigenvalue weighted by atomic mass is 9.96. The maximum absolute atomic E-state index is 12.5. The second-order valence-corrected chi connectivity index (χ2v) is 8.22. The number of carbonyl (C=O) groups is 1. The lowest BCUT2D eigenvalue weighted by Crippen LogP contribution is -2.30. The molecule has 3 rings (SSSR count). The van der Waals surface area contributed by atoms with Gasteiger partial charge in [0.2, 0.25) is 5.91 Å². The van der Waals surface area contributed by atoms with E-state index in [-0.39, 0.29) is 5.91 Å². The zero-order valence-corrected chi connectivity index (χ0v) is 20.5. The van der Waals surface area contributed by atoms with Crippen molar-refractivity contribution in [3.8, 4) is 22.6 Å². The summed E-state index contributed by atoms with van der Waals surface area (Å²) in [5, 5.41) is 3.92. The maximum Gasteiger partial charge on any atom is 0.244 e. The minimum Gasteiger partial charge on any atom is -0.494 e. The summed E-state index contributed by atoms with van der Waals surface area (Å²) in [5.41, 5.74) is 5.46. The van der Waals surface area contributed by atoms with Gasteiger partial charge >= 0.3 is 0 Å². The summed E-state index contributed by atoms with van der Waals surface area (Å²) in [5.74, 6) is 1.46. The number of hydrogen-bond donors (Lipinski definition) is 1. The Balaban J connectivity index is 2.02. The van der Waals surface area contributed by atoms with E-state index >= 15 is 0 Å². The van der Waals surface area contributed by atoms with Crippen molar-refractivity contribution in [2.75, 3.05) is 40.4 Å². The molecule has 0 radical (unpaired) electrons. The molecule has 0 aliphatic rings. The smallest absolute Gasteiger partial charge is 0.244 e. The molecule has 33 heavy (non-hydrogen) atoms. The van der Waals surface area contributed by atoms with Crippen LogP contribution in [0.25, 0.3) is 27.7 Å². The summed E-state index contributed by atoms with van der Waals surface area (Å²) >= 11 is 0. The van der Waals surface area contributed by atoms with Gasteiger partial charge in [0.15, 0.2) is 0 Å². The molecule has 0 spiro atoms. The van der Waals surface area contributed by atoms with Crippen molar-refractivity contribution in [3.63, 3.8) is 0 Å². The molecule has 0 saturated heterocycles. The third-order valence-corrected chi connectivity index (χ3v) is 5.44. The molecule has 0 unspecified atom stereocenters. The molecule has 1 N–H and O–H groups in total. The van der Waals surface area contributed by atoms with E-state index in [1.807, 2.05) is 71.0 Å². The van der Waals surface area contributed by atoms with Gasteiger partial charge in [0.05, 0.1) is 19.5 Å². The number of furan rings is 1. The third-order valence-electron chi connectivity index (χ3n) is 5.44. The van der Waals surface area contributed by atoms with Crippen molar-refractivity contribution in [1.29, 1.82) is 0 Å². The first kappa shape index (κ1) is 24.4. The second-order valence-electron chi connectivity index (χ2n) is 8.22. The Morgan fingerprint density at radius 1 is 1.12 bits per heavy atom. The second kappa shape index (κ2) is 11.1. The molecular weight excluding hydrogens is 416 g/mol. The highest BCUT2D eigenvalue weighted by atomic mass is 16.5. The molecule has 0 aliphatic heterocycles. The normalized spacial score (nSPS) is 11.8. The molecule has 1 heterocycles. The molecule has 0 saturated carbocycles. The average molecular weight is 451 g/mol. The number of allylic oxidation sites excluding steroid dienone is 1. The Bertz CT molecular complexity index is 1130. The van der Waals surface area contributed by atoms with Crippen molar-refractivity contribution in [2.24, 2.45) is 0 Å². The lowest BCUT2D eigenvalue weighted by Gasteiger charge is -2.15. The topological polar surface area (TPSA) is 63.9 Å². The number of rotatable bonds is 10. The molecule has 1 amide bonds. The highest BCUT2D eigenvalue weighted by Crippen LogP contribution is 2.41. The Hall–Kier alpha value is -3.25. The van der Waals surface area contributed by atoms with Crippen LogP contribution in [0.5, 0.6) is 11.5 Å². The van der Waals surface area contributed by atoms with E-state index in [0.29, 0.717) is 19.8 Å². The van der Waals surface area contributed by atoms with E-state index < -0.39 is 0 Å². The van der Waals surface area contributed by atoms with Crippen LogP contribution < -0.4 is 14.8 Å². The summed E-state index contributed by atoms with van der Waals surface area (Å²) in [4.78, 5) is 14.5. The molecule has 0 atom stereocenters. The van der Waals surface area contributed by atoms with E-state index in [0.717, 1.165) is 56.8 Å². The predicted octanol–water partition coefficient (Wildman–Crippen LogP) is 5.29. The van der Waals surface area contributed by atoms with Crippen molar-refractivity contribution in [3.05, 3.63) is 53.8 Å². The van der Waals surface area contributed by atoms with Gasteiger partial charge in [-0.2, -0.15) is 0 Å². The zero-order chi connectivity index (χ0) is 24.0. The van der Waals surface area contributed by atoms with Crippen LogP contribution in [0.1, 0.15) is 31.9 Å². The quantitative estimate of drug-likeness (QED) is 0.426. The van der Waals surface area contributed by atoms with Crippen molar-refractivity contribution in [2.45, 2.75) is 27.7 Å². The summed E-state index contributed by atoms with van der Waals surface area (Å²) in [6.45, 7) is 10.4. The number of nitrogens with zero attached hydrogens (tertiary/aromatic N) is 1. The summed E-state index contributed by atoms with van der Waals surface area (Å²) in [6, 6.07) is 10.0. The van der Waals surface area contributed by atoms with Crippen LogP contribution in [0.2, 0.25) is 0 Å². The molecule has 3 aromatic rings. The van der Waals surface area contributed by atoms with E-state index in [2.05, 4.69) is 11.4 Å². The number of ether oxygens (including phenoxy) is 2. The number of nitrogens with one attached hydrogen (secondary N) is 1. The van der Waals surface area contributed by atoms with Crippen LogP contribution in [0, 0.1) is 6.92 Å². The van der Waals surface area contributed by atoms with E-state index in [4.69, 9.17) is 13.9 Å². The van der Waals surface area contributed by atoms with Crippen LogP contribution in [0.4, 0.5) is 0 Å². The molecule has 0 fully saturated rings. The summed E-state index contributed by atoms with van der Waals surface area (Å²) < 4.78 is 17.5. The molecule has 2 aromatic carbocycles. The van der Waals surface area contributed by atoms with Gasteiger partial charge in [-0.25, -0.2) is 0 Å². The van der Waals surface area contributed by atoms with Gasteiger partial charge in [0, 0.05) is 41.2 Å². The number of hydrogen-bond acceptors (Lipinski definition) is 5. The fourth-order valence-corrected chi connectivity index (χ4v) is 3.79. The molecular formula is C27H34N2O4. The Morgan fingerprint density at radius 3 is 2.45 bits per heavy atom. The number of amides is 1. The van der Waals surface area contributed by atoms with Crippen molar-refractivity contribution >= 4 is 22.4 Å². The first-order chi connectivity index (χ1) is 15.8. The number of carbonyl (C=O) groups excluding carboxylic acids is 1. The molecule has 1 aromatic heterocycles. The minimum absolute atomic E-state index is 0.117. The monoisotopic (exact) mass is 450 g/mol. The molecule has 0 aliphatic carbocycles. The Morgan fingerprint density at radius 2 is 1.82 bits per heavy atom. The van der Waals surface area contributed by atoms with Crippen LogP contribution in [0.15, 0.2) is 47.1 Å². The highest BCUT2D eigenvalue weighted by Gasteiger charge is 2.19. The first-order valence-electron chi connectivity index (χ1n) is 11.4.